The highest BCUT2D eigenvalue weighted by Crippen LogP contribution is 2.34. The first kappa shape index (κ1) is 5.35. The van der Waals surface area contributed by atoms with Gasteiger partial charge in [-0.1, -0.05) is 11.8 Å². The molecule has 0 aliphatic carbocycles. The number of allylic oxidation sites excluding steroid dienone is 1. The summed E-state index contributed by atoms with van der Waals surface area (Å²) in [6.07, 6.45) is 0.353. The Kier molecular flexibility index (Phi) is 0.913. The highest BCUT2D eigenvalue weighted by atomic mass is 32.2. The molecule has 1 saturated heterocycles. The van der Waals surface area contributed by atoms with Gasteiger partial charge in [0.25, 0.3) is 0 Å². The van der Waals surface area contributed by atoms with Gasteiger partial charge in [-0.25, -0.2) is 0 Å². The molecule has 2 rings (SSSR count). The van der Waals surface area contributed by atoms with Crippen molar-refractivity contribution in [3.8, 4) is 0 Å². The van der Waals surface area contributed by atoms with E-state index in [1.807, 2.05) is 6.92 Å². The van der Waals surface area contributed by atoms with Crippen molar-refractivity contribution >= 4 is 16.8 Å². The second-order valence-corrected chi connectivity index (χ2v) is 3.67. The zero-order valence-electron chi connectivity index (χ0n) is 5.43. The molecule has 2 heterocycles. The van der Waals surface area contributed by atoms with Gasteiger partial charge in [0.2, 0.25) is 0 Å². The third-order valence-electron chi connectivity index (χ3n) is 1.47. The summed E-state index contributed by atoms with van der Waals surface area (Å²) >= 11 is 1.76. The monoisotopic (exact) mass is 140 g/mol. The first-order valence-corrected chi connectivity index (χ1v) is 3.78. The largest absolute Gasteiger partial charge is 0.358 e. The molecule has 0 aromatic rings. The molecule has 0 bridgehead atoms. The Balaban J connectivity index is 2.30. The summed E-state index contributed by atoms with van der Waals surface area (Å²) in [4.78, 5) is 5.70. The molecule has 1 unspecified atom stereocenters. The van der Waals surface area contributed by atoms with E-state index in [4.69, 9.17) is 0 Å². The van der Waals surface area contributed by atoms with Gasteiger partial charge in [-0.3, -0.25) is 4.99 Å². The summed E-state index contributed by atoms with van der Waals surface area (Å²) in [5, 5.41) is 4.35. The van der Waals surface area contributed by atoms with Crippen LogP contribution in [0.3, 0.4) is 0 Å². The Labute approximate surface area is 58.4 Å². The van der Waals surface area contributed by atoms with Crippen molar-refractivity contribution in [3.05, 3.63) is 10.6 Å². The molecule has 9 heavy (non-hydrogen) atoms. The lowest BCUT2D eigenvalue weighted by Gasteiger charge is -2.01. The average Bonchev–Trinajstić information content (AvgIpc) is 2.43. The number of nitrogens with one attached hydrogen (secondary N) is 1. The van der Waals surface area contributed by atoms with Crippen LogP contribution in [0.15, 0.2) is 15.6 Å². The standard InChI is InChI=1S/C6H8N2S/c1-3-5-6(8-5)7-4(2)9-3/h6,8H,1-2H3. The van der Waals surface area contributed by atoms with Crippen LogP contribution in [0.2, 0.25) is 0 Å². The SMILES string of the molecule is CC1=NC2NC2=C(C)S1. The van der Waals surface area contributed by atoms with Crippen LogP contribution in [0.4, 0.5) is 0 Å². The van der Waals surface area contributed by atoms with E-state index in [-0.39, 0.29) is 0 Å². The molecule has 0 amide bonds. The van der Waals surface area contributed by atoms with E-state index in [9.17, 15) is 0 Å². The van der Waals surface area contributed by atoms with Gasteiger partial charge in [0, 0.05) is 4.91 Å². The maximum atomic E-state index is 4.32. The molecule has 0 aromatic carbocycles. The number of aliphatic imine (C=N–C) groups is 1. The van der Waals surface area contributed by atoms with Crippen molar-refractivity contribution in [2.75, 3.05) is 0 Å². The van der Waals surface area contributed by atoms with Crippen molar-refractivity contribution in [3.63, 3.8) is 0 Å². The van der Waals surface area contributed by atoms with E-state index in [0.717, 1.165) is 0 Å². The third-order valence-corrected chi connectivity index (χ3v) is 2.40. The smallest absolute Gasteiger partial charge is 0.160 e. The molecular weight excluding hydrogens is 132 g/mol. The number of hydrogen-bond acceptors (Lipinski definition) is 3. The number of nitrogens with zero attached hydrogens (tertiary/aromatic N) is 1. The van der Waals surface area contributed by atoms with Crippen LogP contribution in [0.25, 0.3) is 0 Å². The fourth-order valence-electron chi connectivity index (χ4n) is 0.981. The predicted molar refractivity (Wildman–Crippen MR) is 40.3 cm³/mol. The lowest BCUT2D eigenvalue weighted by Crippen LogP contribution is -1.93. The first-order valence-electron chi connectivity index (χ1n) is 2.97. The summed E-state index contributed by atoms with van der Waals surface area (Å²) in [6, 6.07) is 0. The van der Waals surface area contributed by atoms with Crippen LogP contribution in [-0.2, 0) is 0 Å². The quantitative estimate of drug-likeness (QED) is 0.515. The third kappa shape index (κ3) is 0.758. The molecule has 2 aliphatic rings. The van der Waals surface area contributed by atoms with Crippen LogP contribution in [0, 0.1) is 0 Å². The zero-order valence-corrected chi connectivity index (χ0v) is 6.25. The minimum absolute atomic E-state index is 0.353. The molecule has 1 atom stereocenters. The molecule has 0 radical (unpaired) electrons. The topological polar surface area (TPSA) is 34.3 Å². The fourth-order valence-corrected chi connectivity index (χ4v) is 1.86. The minimum Gasteiger partial charge on any atom is -0.358 e. The van der Waals surface area contributed by atoms with Crippen molar-refractivity contribution in [2.24, 2.45) is 4.99 Å². The van der Waals surface area contributed by atoms with Crippen LogP contribution in [0.5, 0.6) is 0 Å². The van der Waals surface area contributed by atoms with E-state index in [0.29, 0.717) is 6.17 Å². The van der Waals surface area contributed by atoms with E-state index in [1.54, 1.807) is 11.8 Å². The molecular formula is C6H8N2S. The summed E-state index contributed by atoms with van der Waals surface area (Å²) < 4.78 is 0. The number of hydrogen-bond donors (Lipinski definition) is 1. The lowest BCUT2D eigenvalue weighted by molar-refractivity contribution is 1.03. The second kappa shape index (κ2) is 1.53. The van der Waals surface area contributed by atoms with E-state index < -0.39 is 0 Å². The van der Waals surface area contributed by atoms with Gasteiger partial charge in [-0.05, 0) is 13.8 Å². The van der Waals surface area contributed by atoms with Crippen molar-refractivity contribution < 1.29 is 0 Å². The Hall–Kier alpha value is -0.440. The highest BCUT2D eigenvalue weighted by Gasteiger charge is 2.33. The Morgan fingerprint density at radius 1 is 1.56 bits per heavy atom. The maximum Gasteiger partial charge on any atom is 0.160 e. The van der Waals surface area contributed by atoms with Gasteiger partial charge in [-0.15, -0.1) is 0 Å². The molecule has 2 nitrogen and oxygen atoms in total. The molecule has 0 saturated carbocycles. The zero-order chi connectivity index (χ0) is 6.43. The minimum atomic E-state index is 0.353. The molecule has 0 aromatic heterocycles. The number of rotatable bonds is 0. The molecule has 1 fully saturated rings. The molecule has 0 spiro atoms. The lowest BCUT2D eigenvalue weighted by atomic mass is 10.5. The van der Waals surface area contributed by atoms with Crippen molar-refractivity contribution in [2.45, 2.75) is 20.0 Å². The van der Waals surface area contributed by atoms with Gasteiger partial charge in [0.1, 0.15) is 0 Å². The van der Waals surface area contributed by atoms with Gasteiger partial charge in [0.05, 0.1) is 10.7 Å². The summed E-state index contributed by atoms with van der Waals surface area (Å²) in [5.41, 5.74) is 1.32. The predicted octanol–water partition coefficient (Wildman–Crippen LogP) is 1.31. The molecule has 1 N–H and O–H groups in total. The Morgan fingerprint density at radius 2 is 2.33 bits per heavy atom. The Morgan fingerprint density at radius 3 is 3.00 bits per heavy atom. The van der Waals surface area contributed by atoms with Crippen molar-refractivity contribution in [1.29, 1.82) is 0 Å². The van der Waals surface area contributed by atoms with Crippen molar-refractivity contribution in [1.82, 2.24) is 5.32 Å². The van der Waals surface area contributed by atoms with Crippen LogP contribution in [0.1, 0.15) is 13.8 Å². The Bertz CT molecular complexity index is 217. The molecule has 2 aliphatic heterocycles. The average molecular weight is 140 g/mol. The van der Waals surface area contributed by atoms with Gasteiger partial charge in [-0.2, -0.15) is 0 Å². The fraction of sp³-hybridized carbons (Fsp3) is 0.500. The van der Waals surface area contributed by atoms with Gasteiger partial charge < -0.3 is 5.32 Å². The first-order chi connectivity index (χ1) is 4.27. The highest BCUT2D eigenvalue weighted by molar-refractivity contribution is 8.17. The van der Waals surface area contributed by atoms with Gasteiger partial charge in [0.15, 0.2) is 6.17 Å². The van der Waals surface area contributed by atoms with Crippen LogP contribution in [-0.4, -0.2) is 11.2 Å². The molecule has 3 heteroatoms. The number of thioether (sulfide) groups is 1. The molecule has 48 valence electrons. The summed E-state index contributed by atoms with van der Waals surface area (Å²) in [5.74, 6) is 0. The van der Waals surface area contributed by atoms with E-state index >= 15 is 0 Å². The van der Waals surface area contributed by atoms with E-state index in [2.05, 4.69) is 17.2 Å². The maximum absolute atomic E-state index is 4.32. The second-order valence-electron chi connectivity index (χ2n) is 2.27. The van der Waals surface area contributed by atoms with E-state index in [1.165, 1.54) is 15.6 Å². The van der Waals surface area contributed by atoms with Gasteiger partial charge >= 0.3 is 0 Å². The summed E-state index contributed by atoms with van der Waals surface area (Å²) in [7, 11) is 0. The van der Waals surface area contributed by atoms with Crippen LogP contribution >= 0.6 is 11.8 Å². The summed E-state index contributed by atoms with van der Waals surface area (Å²) in [6.45, 7) is 4.18. The number of fused-ring (bicyclic) bond motifs is 1. The normalized spacial score (nSPS) is 30.9. The van der Waals surface area contributed by atoms with Crippen LogP contribution < -0.4 is 5.32 Å².